The molecule has 0 aromatic heterocycles. The molecule has 4 amide bonds. The first-order valence-electron chi connectivity index (χ1n) is 7.55. The molecule has 2 heterocycles. The van der Waals surface area contributed by atoms with Crippen molar-refractivity contribution in [2.45, 2.75) is 26.3 Å². The van der Waals surface area contributed by atoms with Crippen LogP contribution in [0.3, 0.4) is 0 Å². The molecule has 7 nitrogen and oxygen atoms in total. The number of nitrogens with one attached hydrogen (secondary N) is 2. The first kappa shape index (κ1) is 16.5. The van der Waals surface area contributed by atoms with Gasteiger partial charge in [-0.2, -0.15) is 0 Å². The Morgan fingerprint density at radius 2 is 1.88 bits per heavy atom. The molecule has 2 aliphatic rings. The highest BCUT2D eigenvalue weighted by molar-refractivity contribution is 8.14. The molecule has 0 atom stereocenters. The monoisotopic (exact) mass is 346 g/mol. The Balaban J connectivity index is 1.78. The van der Waals surface area contributed by atoms with Gasteiger partial charge in [0.2, 0.25) is 0 Å². The van der Waals surface area contributed by atoms with Gasteiger partial charge in [0.25, 0.3) is 11.8 Å². The van der Waals surface area contributed by atoms with Crippen LogP contribution in [0, 0.1) is 0 Å². The minimum atomic E-state index is -0.601. The number of thioether (sulfide) groups is 1. The number of nitrogens with zero attached hydrogens (tertiary/aromatic N) is 2. The van der Waals surface area contributed by atoms with Gasteiger partial charge < -0.3 is 5.32 Å². The summed E-state index contributed by atoms with van der Waals surface area (Å²) in [5.74, 6) is 0.200. The van der Waals surface area contributed by atoms with E-state index >= 15 is 0 Å². The topological polar surface area (TPSA) is 90.9 Å². The average molecular weight is 346 g/mol. The van der Waals surface area contributed by atoms with Gasteiger partial charge >= 0.3 is 6.03 Å². The van der Waals surface area contributed by atoms with Crippen LogP contribution in [-0.4, -0.2) is 45.7 Å². The second-order valence-corrected chi connectivity index (χ2v) is 7.57. The van der Waals surface area contributed by atoms with Crippen molar-refractivity contribution in [3.05, 3.63) is 29.3 Å². The van der Waals surface area contributed by atoms with E-state index in [1.807, 2.05) is 0 Å². The van der Waals surface area contributed by atoms with Gasteiger partial charge in [-0.3, -0.25) is 24.8 Å². The molecule has 0 saturated heterocycles. The van der Waals surface area contributed by atoms with Crippen LogP contribution in [0.25, 0.3) is 0 Å². The zero-order chi connectivity index (χ0) is 17.5. The van der Waals surface area contributed by atoms with E-state index in [1.165, 1.54) is 22.7 Å². The van der Waals surface area contributed by atoms with Crippen molar-refractivity contribution in [2.75, 3.05) is 17.6 Å². The normalized spacial score (nSPS) is 17.0. The van der Waals surface area contributed by atoms with Crippen LogP contribution >= 0.6 is 11.8 Å². The first-order chi connectivity index (χ1) is 11.3. The number of benzene rings is 1. The molecule has 0 fully saturated rings. The molecule has 0 radical (unpaired) electrons. The fraction of sp³-hybridized carbons (Fsp3) is 0.375. The number of amides is 4. The number of aliphatic imine (C=N–C) groups is 1. The number of fused-ring (bicyclic) bond motifs is 1. The maximum Gasteiger partial charge on any atom is 0.325 e. The number of rotatable bonds is 1. The van der Waals surface area contributed by atoms with E-state index in [9.17, 15) is 14.4 Å². The Hall–Kier alpha value is -2.35. The van der Waals surface area contributed by atoms with Crippen molar-refractivity contribution in [3.63, 3.8) is 0 Å². The molecule has 0 bridgehead atoms. The Morgan fingerprint density at radius 3 is 2.50 bits per heavy atom. The second kappa shape index (κ2) is 5.94. The summed E-state index contributed by atoms with van der Waals surface area (Å²) in [6, 6.07) is 4.29. The fourth-order valence-electron chi connectivity index (χ4n) is 2.60. The van der Waals surface area contributed by atoms with Gasteiger partial charge in [-0.1, -0.05) is 11.8 Å². The molecular formula is C16H18N4O3S. The summed E-state index contributed by atoms with van der Waals surface area (Å²) in [7, 11) is 0. The Bertz CT molecular complexity index is 767. The highest BCUT2D eigenvalue weighted by atomic mass is 32.2. The quantitative estimate of drug-likeness (QED) is 0.764. The van der Waals surface area contributed by atoms with Crippen molar-refractivity contribution in [1.29, 1.82) is 0 Å². The number of hydrogen-bond acceptors (Lipinski definition) is 5. The number of carbonyl (C=O) groups is 3. The van der Waals surface area contributed by atoms with Crippen molar-refractivity contribution < 1.29 is 14.4 Å². The molecule has 0 unspecified atom stereocenters. The molecule has 1 aromatic carbocycles. The lowest BCUT2D eigenvalue weighted by Crippen LogP contribution is -2.45. The maximum atomic E-state index is 12.5. The number of urea groups is 1. The van der Waals surface area contributed by atoms with Crippen LogP contribution in [0.1, 0.15) is 41.5 Å². The van der Waals surface area contributed by atoms with E-state index in [4.69, 9.17) is 0 Å². The molecule has 0 spiro atoms. The minimum absolute atomic E-state index is 0.306. The summed E-state index contributed by atoms with van der Waals surface area (Å²) < 4.78 is 0. The Labute approximate surface area is 143 Å². The molecule has 0 saturated carbocycles. The van der Waals surface area contributed by atoms with Gasteiger partial charge in [-0.15, -0.1) is 0 Å². The Morgan fingerprint density at radius 1 is 1.17 bits per heavy atom. The SMILES string of the molecule is CC(C)(C)N1C(=O)c2ccc(NC(=O)NC3=NCCS3)cc2C1=O. The molecule has 8 heteroatoms. The largest absolute Gasteiger partial charge is 0.325 e. The van der Waals surface area contributed by atoms with E-state index in [1.54, 1.807) is 32.9 Å². The molecule has 24 heavy (non-hydrogen) atoms. The Kier molecular flexibility index (Phi) is 4.08. The first-order valence-corrected chi connectivity index (χ1v) is 8.54. The summed E-state index contributed by atoms with van der Waals surface area (Å²) in [6.07, 6.45) is 0. The zero-order valence-corrected chi connectivity index (χ0v) is 14.5. The van der Waals surface area contributed by atoms with Crippen LogP contribution in [0.15, 0.2) is 23.2 Å². The molecule has 2 aliphatic heterocycles. The summed E-state index contributed by atoms with van der Waals surface area (Å²) in [5.41, 5.74) is 0.513. The number of carbonyl (C=O) groups excluding carboxylic acids is 3. The van der Waals surface area contributed by atoms with Gasteiger partial charge in [0.1, 0.15) is 0 Å². The van der Waals surface area contributed by atoms with Crippen molar-refractivity contribution in [3.8, 4) is 0 Å². The third-order valence-corrected chi connectivity index (χ3v) is 4.51. The van der Waals surface area contributed by atoms with Crippen LogP contribution < -0.4 is 10.6 Å². The van der Waals surface area contributed by atoms with E-state index < -0.39 is 11.6 Å². The summed E-state index contributed by atoms with van der Waals surface area (Å²) in [4.78, 5) is 42.3. The van der Waals surface area contributed by atoms with E-state index in [0.29, 0.717) is 28.5 Å². The van der Waals surface area contributed by atoms with E-state index in [2.05, 4.69) is 15.6 Å². The predicted molar refractivity (Wildman–Crippen MR) is 93.6 cm³/mol. The van der Waals surface area contributed by atoms with E-state index in [-0.39, 0.29) is 11.8 Å². The van der Waals surface area contributed by atoms with Crippen LogP contribution in [0.2, 0.25) is 0 Å². The predicted octanol–water partition coefficient (Wildman–Crippen LogP) is 2.31. The zero-order valence-electron chi connectivity index (χ0n) is 13.7. The molecule has 1 aromatic rings. The number of imide groups is 1. The number of amidine groups is 1. The summed E-state index contributed by atoms with van der Waals surface area (Å²) >= 11 is 1.48. The van der Waals surface area contributed by atoms with Gasteiger partial charge in [0.05, 0.1) is 17.7 Å². The van der Waals surface area contributed by atoms with Crippen LogP contribution in [0.4, 0.5) is 10.5 Å². The molecular weight excluding hydrogens is 328 g/mol. The number of anilines is 1. The number of hydrogen-bond donors (Lipinski definition) is 2. The smallest absolute Gasteiger partial charge is 0.308 e. The van der Waals surface area contributed by atoms with Crippen molar-refractivity contribution >= 4 is 40.5 Å². The molecule has 126 valence electrons. The lowest BCUT2D eigenvalue weighted by Gasteiger charge is -2.29. The molecule has 0 aliphatic carbocycles. The van der Waals surface area contributed by atoms with Gasteiger partial charge in [-0.25, -0.2) is 4.79 Å². The van der Waals surface area contributed by atoms with Crippen LogP contribution in [-0.2, 0) is 0 Å². The lowest BCUT2D eigenvalue weighted by molar-refractivity contribution is 0.0507. The summed E-state index contributed by atoms with van der Waals surface area (Å²) in [6.45, 7) is 6.11. The van der Waals surface area contributed by atoms with Crippen molar-refractivity contribution in [1.82, 2.24) is 10.2 Å². The van der Waals surface area contributed by atoms with Crippen molar-refractivity contribution in [2.24, 2.45) is 4.99 Å². The average Bonchev–Trinajstić information content (AvgIpc) is 3.06. The third-order valence-electron chi connectivity index (χ3n) is 3.62. The minimum Gasteiger partial charge on any atom is -0.308 e. The fourth-order valence-corrected chi connectivity index (χ4v) is 3.32. The lowest BCUT2D eigenvalue weighted by atomic mass is 10.1. The maximum absolute atomic E-state index is 12.5. The van der Waals surface area contributed by atoms with Gasteiger partial charge in [-0.05, 0) is 39.0 Å². The van der Waals surface area contributed by atoms with Gasteiger partial charge in [0.15, 0.2) is 5.17 Å². The van der Waals surface area contributed by atoms with Crippen LogP contribution in [0.5, 0.6) is 0 Å². The summed E-state index contributed by atoms with van der Waals surface area (Å²) in [5, 5.41) is 5.89. The highest BCUT2D eigenvalue weighted by Crippen LogP contribution is 2.30. The van der Waals surface area contributed by atoms with Gasteiger partial charge in [0, 0.05) is 17.0 Å². The molecule has 3 rings (SSSR count). The van der Waals surface area contributed by atoms with E-state index in [0.717, 1.165) is 5.75 Å². The standard InChI is InChI=1S/C16H18N4O3S/c1-16(2,3)20-12(21)10-5-4-9(8-11(10)13(20)22)18-14(23)19-15-17-6-7-24-15/h4-5,8H,6-7H2,1-3H3,(H2,17,18,19,23). The molecule has 2 N–H and O–H groups in total. The second-order valence-electron chi connectivity index (χ2n) is 6.49. The highest BCUT2D eigenvalue weighted by Gasteiger charge is 2.41. The third kappa shape index (κ3) is 3.01.